The molecule has 3 aromatic heterocycles. The van der Waals surface area contributed by atoms with Gasteiger partial charge in [-0.2, -0.15) is 0 Å². The van der Waals surface area contributed by atoms with Crippen molar-refractivity contribution in [3.63, 3.8) is 0 Å². The molecule has 3 aromatic rings. The zero-order valence-electron chi connectivity index (χ0n) is 18.6. The Hall–Kier alpha value is -3.22. The molecular weight excluding hydrogens is 390 g/mol. The number of likely N-dealkylation sites (tertiary alicyclic amines) is 1. The van der Waals surface area contributed by atoms with Gasteiger partial charge in [-0.15, -0.1) is 0 Å². The Kier molecular flexibility index (Phi) is 6.02. The zero-order valence-corrected chi connectivity index (χ0v) is 18.6. The van der Waals surface area contributed by atoms with Crippen molar-refractivity contribution in [2.24, 2.45) is 0 Å². The minimum absolute atomic E-state index is 0.0101. The number of carbonyl (C=O) groups is 1. The molecule has 0 aromatic carbocycles. The van der Waals surface area contributed by atoms with E-state index in [1.54, 1.807) is 0 Å². The number of aromatic nitrogens is 3. The Morgan fingerprint density at radius 2 is 2.06 bits per heavy atom. The standard InChI is InChI=1S/C24H29N5O2/c1-15(2)23-22(17(4)31-28-23)24(30)29-12-6-8-18(14-29)20-11-10-19(13-25-20)27-21-9-5-7-16(3)26-21/h5,7,9-11,13,15,18H,6,8,12,14H2,1-4H3,(H,26,27)/t18-/m1/s1. The highest BCUT2D eigenvalue weighted by atomic mass is 16.5. The minimum atomic E-state index is 0.0101. The number of nitrogens with zero attached hydrogens (tertiary/aromatic N) is 4. The van der Waals surface area contributed by atoms with E-state index >= 15 is 0 Å². The SMILES string of the molecule is Cc1cccc(Nc2ccc([C@@H]3CCCN(C(=O)c4c(C(C)C)noc4C)C3)nc2)n1. The number of anilines is 2. The predicted molar refractivity (Wildman–Crippen MR) is 120 cm³/mol. The van der Waals surface area contributed by atoms with Crippen LogP contribution in [0.5, 0.6) is 0 Å². The van der Waals surface area contributed by atoms with Crippen molar-refractivity contribution >= 4 is 17.4 Å². The summed E-state index contributed by atoms with van der Waals surface area (Å²) >= 11 is 0. The van der Waals surface area contributed by atoms with Gasteiger partial charge in [-0.05, 0) is 56.9 Å². The molecule has 31 heavy (non-hydrogen) atoms. The number of hydrogen-bond donors (Lipinski definition) is 1. The van der Waals surface area contributed by atoms with Crippen LogP contribution in [0.3, 0.4) is 0 Å². The normalized spacial score (nSPS) is 16.5. The van der Waals surface area contributed by atoms with Crippen LogP contribution in [-0.4, -0.2) is 39.0 Å². The van der Waals surface area contributed by atoms with Crippen LogP contribution in [0.2, 0.25) is 0 Å². The third-order valence-electron chi connectivity index (χ3n) is 5.72. The molecule has 162 valence electrons. The van der Waals surface area contributed by atoms with Gasteiger partial charge in [-0.1, -0.05) is 25.1 Å². The van der Waals surface area contributed by atoms with Crippen LogP contribution in [0.15, 0.2) is 41.1 Å². The lowest BCUT2D eigenvalue weighted by atomic mass is 9.93. The molecule has 7 heteroatoms. The highest BCUT2D eigenvalue weighted by molar-refractivity contribution is 5.96. The molecule has 0 aliphatic carbocycles. The molecular formula is C24H29N5O2. The topological polar surface area (TPSA) is 84.2 Å². The summed E-state index contributed by atoms with van der Waals surface area (Å²) in [5.41, 5.74) is 4.22. The maximum Gasteiger partial charge on any atom is 0.259 e. The molecule has 1 aliphatic rings. The van der Waals surface area contributed by atoms with E-state index in [9.17, 15) is 4.79 Å². The van der Waals surface area contributed by atoms with Crippen LogP contribution in [0.4, 0.5) is 11.5 Å². The van der Waals surface area contributed by atoms with Gasteiger partial charge in [0.05, 0.1) is 17.6 Å². The van der Waals surface area contributed by atoms with E-state index in [4.69, 9.17) is 4.52 Å². The van der Waals surface area contributed by atoms with Gasteiger partial charge in [0.2, 0.25) is 0 Å². The molecule has 0 saturated carbocycles. The van der Waals surface area contributed by atoms with Gasteiger partial charge in [-0.25, -0.2) is 4.98 Å². The zero-order chi connectivity index (χ0) is 22.0. The van der Waals surface area contributed by atoms with Gasteiger partial charge in [0.15, 0.2) is 0 Å². The monoisotopic (exact) mass is 419 g/mol. The van der Waals surface area contributed by atoms with Crippen LogP contribution < -0.4 is 5.32 Å². The molecule has 1 fully saturated rings. The van der Waals surface area contributed by atoms with Crippen molar-refractivity contribution < 1.29 is 9.32 Å². The van der Waals surface area contributed by atoms with Crippen LogP contribution in [0.25, 0.3) is 0 Å². The smallest absolute Gasteiger partial charge is 0.259 e. The summed E-state index contributed by atoms with van der Waals surface area (Å²) < 4.78 is 5.33. The lowest BCUT2D eigenvalue weighted by Crippen LogP contribution is -2.39. The summed E-state index contributed by atoms with van der Waals surface area (Å²) in [7, 11) is 0. The summed E-state index contributed by atoms with van der Waals surface area (Å²) in [4.78, 5) is 24.3. The van der Waals surface area contributed by atoms with Gasteiger partial charge in [0.1, 0.15) is 17.1 Å². The third kappa shape index (κ3) is 4.60. The summed E-state index contributed by atoms with van der Waals surface area (Å²) in [6.07, 6.45) is 3.80. The van der Waals surface area contributed by atoms with Crippen molar-refractivity contribution in [2.75, 3.05) is 18.4 Å². The first-order valence-electron chi connectivity index (χ1n) is 10.8. The second kappa shape index (κ2) is 8.88. The Balaban J connectivity index is 1.46. The molecule has 7 nitrogen and oxygen atoms in total. The summed E-state index contributed by atoms with van der Waals surface area (Å²) in [5.74, 6) is 1.76. The van der Waals surface area contributed by atoms with Gasteiger partial charge in [-0.3, -0.25) is 9.78 Å². The number of amides is 1. The molecule has 4 heterocycles. The van der Waals surface area contributed by atoms with E-state index in [1.807, 2.05) is 69.1 Å². The van der Waals surface area contributed by atoms with E-state index in [2.05, 4.69) is 20.4 Å². The van der Waals surface area contributed by atoms with Gasteiger partial charge < -0.3 is 14.7 Å². The first-order chi connectivity index (χ1) is 14.9. The Morgan fingerprint density at radius 1 is 1.23 bits per heavy atom. The van der Waals surface area contributed by atoms with Gasteiger partial charge in [0.25, 0.3) is 5.91 Å². The maximum absolute atomic E-state index is 13.3. The van der Waals surface area contributed by atoms with E-state index < -0.39 is 0 Å². The first kappa shape index (κ1) is 21.0. The molecule has 0 spiro atoms. The van der Waals surface area contributed by atoms with Crippen LogP contribution >= 0.6 is 0 Å². The van der Waals surface area contributed by atoms with Crippen molar-refractivity contribution in [2.45, 2.75) is 52.4 Å². The van der Waals surface area contributed by atoms with Crippen molar-refractivity contribution in [3.05, 3.63) is 64.9 Å². The largest absolute Gasteiger partial charge is 0.361 e. The van der Waals surface area contributed by atoms with Crippen LogP contribution in [-0.2, 0) is 0 Å². The van der Waals surface area contributed by atoms with Gasteiger partial charge in [0, 0.05) is 30.4 Å². The molecule has 1 saturated heterocycles. The number of pyridine rings is 2. The molecule has 1 amide bonds. The van der Waals surface area contributed by atoms with Crippen molar-refractivity contribution in [1.29, 1.82) is 0 Å². The highest BCUT2D eigenvalue weighted by Crippen LogP contribution is 2.30. The van der Waals surface area contributed by atoms with E-state index in [0.717, 1.165) is 48.0 Å². The number of rotatable bonds is 5. The maximum atomic E-state index is 13.3. The lowest BCUT2D eigenvalue weighted by Gasteiger charge is -2.32. The number of hydrogen-bond acceptors (Lipinski definition) is 6. The van der Waals surface area contributed by atoms with Crippen LogP contribution in [0, 0.1) is 13.8 Å². The van der Waals surface area contributed by atoms with Gasteiger partial charge >= 0.3 is 0 Å². The van der Waals surface area contributed by atoms with E-state index in [0.29, 0.717) is 17.9 Å². The first-order valence-corrected chi connectivity index (χ1v) is 10.8. The van der Waals surface area contributed by atoms with Crippen molar-refractivity contribution in [1.82, 2.24) is 20.0 Å². The van der Waals surface area contributed by atoms with Crippen molar-refractivity contribution in [3.8, 4) is 0 Å². The summed E-state index contributed by atoms with van der Waals surface area (Å²) in [6.45, 7) is 9.23. The van der Waals surface area contributed by atoms with Crippen LogP contribution in [0.1, 0.15) is 71.7 Å². The fourth-order valence-corrected chi connectivity index (χ4v) is 4.09. The minimum Gasteiger partial charge on any atom is -0.361 e. The van der Waals surface area contributed by atoms with E-state index in [1.165, 1.54) is 0 Å². The Labute approximate surface area is 182 Å². The Morgan fingerprint density at radius 3 is 2.77 bits per heavy atom. The fourth-order valence-electron chi connectivity index (χ4n) is 4.09. The summed E-state index contributed by atoms with van der Waals surface area (Å²) in [6, 6.07) is 9.94. The molecule has 1 atom stereocenters. The van der Waals surface area contributed by atoms with E-state index in [-0.39, 0.29) is 17.7 Å². The third-order valence-corrected chi connectivity index (χ3v) is 5.72. The molecule has 1 aliphatic heterocycles. The number of nitrogens with one attached hydrogen (secondary N) is 1. The predicted octanol–water partition coefficient (Wildman–Crippen LogP) is 4.97. The average Bonchev–Trinajstić information content (AvgIpc) is 3.15. The Bertz CT molecular complexity index is 1060. The number of piperidine rings is 1. The number of aryl methyl sites for hydroxylation is 2. The fraction of sp³-hybridized carbons (Fsp3) is 0.417. The highest BCUT2D eigenvalue weighted by Gasteiger charge is 2.31. The summed E-state index contributed by atoms with van der Waals surface area (Å²) in [5, 5.41) is 7.40. The second-order valence-electron chi connectivity index (χ2n) is 8.50. The molecule has 0 unspecified atom stereocenters. The second-order valence-corrected chi connectivity index (χ2v) is 8.50. The quantitative estimate of drug-likeness (QED) is 0.629. The average molecular weight is 420 g/mol. The lowest BCUT2D eigenvalue weighted by molar-refractivity contribution is 0.0702. The molecule has 1 N–H and O–H groups in total. The molecule has 0 bridgehead atoms. The number of carbonyl (C=O) groups excluding carboxylic acids is 1. The molecule has 4 rings (SSSR count). The molecule has 0 radical (unpaired) electrons.